The van der Waals surface area contributed by atoms with Gasteiger partial charge in [0.25, 0.3) is 0 Å². The molecule has 15 rings (SSSR count). The molecule has 324 valence electrons. The van der Waals surface area contributed by atoms with Crippen LogP contribution >= 0.6 is 0 Å². The Morgan fingerprint density at radius 3 is 1.35 bits per heavy atom. The maximum atomic E-state index is 5.26. The number of rotatable bonds is 7. The molecule has 0 aliphatic heterocycles. The lowest BCUT2D eigenvalue weighted by Gasteiger charge is -2.61. The fourth-order valence-electron chi connectivity index (χ4n) is 13.4. The summed E-state index contributed by atoms with van der Waals surface area (Å²) < 4.78 is 0. The zero-order valence-corrected chi connectivity index (χ0v) is 37.9. The highest BCUT2D eigenvalue weighted by atomic mass is 15.0. The van der Waals surface area contributed by atoms with Crippen molar-refractivity contribution in [3.8, 4) is 89.8 Å². The van der Waals surface area contributed by atoms with Crippen LogP contribution in [0.15, 0.2) is 212 Å². The second-order valence-electron chi connectivity index (χ2n) is 20.0. The summed E-state index contributed by atoms with van der Waals surface area (Å²) in [6.07, 6.45) is 6.82. The Morgan fingerprint density at radius 2 is 0.721 bits per heavy atom. The minimum Gasteiger partial charge on any atom is -0.208 e. The minimum atomic E-state index is 0.0335. The molecular weight excluding hydrogens is 823 g/mol. The quantitative estimate of drug-likeness (QED) is 0.160. The first-order valence-corrected chi connectivity index (χ1v) is 24.6. The van der Waals surface area contributed by atoms with Gasteiger partial charge in [0.2, 0.25) is 0 Å². The molecule has 3 heteroatoms. The molecule has 5 aliphatic rings. The van der Waals surface area contributed by atoms with Gasteiger partial charge in [0.05, 0.1) is 0 Å². The summed E-state index contributed by atoms with van der Waals surface area (Å²) in [5.74, 6) is 5.06. The van der Waals surface area contributed by atoms with Crippen LogP contribution in [0.1, 0.15) is 43.2 Å². The maximum Gasteiger partial charge on any atom is 0.164 e. The van der Waals surface area contributed by atoms with Crippen molar-refractivity contribution < 1.29 is 0 Å². The van der Waals surface area contributed by atoms with E-state index in [1.54, 1.807) is 11.1 Å². The SMILES string of the molecule is c1ccc(-c2ccc3c(c2)-c2ccc(-c4cc(-c5ccc(-c6ccc7ccccc7c6)cc5)cc(-c5nc(-c6ccccc6)nc(-c6ccccc6)n5)c4)cc2C32C3CC4CC(C3)CC2C4)cc1. The highest BCUT2D eigenvalue weighted by Crippen LogP contribution is 2.69. The van der Waals surface area contributed by atoms with Crippen LogP contribution in [0.25, 0.3) is 101 Å². The smallest absolute Gasteiger partial charge is 0.164 e. The largest absolute Gasteiger partial charge is 0.208 e. The van der Waals surface area contributed by atoms with Crippen molar-refractivity contribution in [2.24, 2.45) is 23.7 Å². The molecule has 0 unspecified atom stereocenters. The summed E-state index contributed by atoms with van der Waals surface area (Å²) in [6.45, 7) is 0. The van der Waals surface area contributed by atoms with Crippen LogP contribution in [0.2, 0.25) is 0 Å². The summed E-state index contributed by atoms with van der Waals surface area (Å²) in [6, 6.07) is 77.9. The van der Waals surface area contributed by atoms with Crippen LogP contribution in [-0.4, -0.2) is 15.0 Å². The van der Waals surface area contributed by atoms with E-state index in [4.69, 9.17) is 15.0 Å². The van der Waals surface area contributed by atoms with Crippen molar-refractivity contribution in [2.45, 2.75) is 37.5 Å². The second-order valence-corrected chi connectivity index (χ2v) is 20.0. The first kappa shape index (κ1) is 39.4. The van der Waals surface area contributed by atoms with Gasteiger partial charge >= 0.3 is 0 Å². The van der Waals surface area contributed by atoms with Gasteiger partial charge in [-0.2, -0.15) is 0 Å². The number of benzene rings is 9. The third-order valence-corrected chi connectivity index (χ3v) is 16.3. The molecule has 1 aromatic heterocycles. The monoisotopic (exact) mass is 871 g/mol. The average Bonchev–Trinajstić information content (AvgIpc) is 3.69. The number of fused-ring (bicyclic) bond motifs is 4. The number of aromatic nitrogens is 3. The van der Waals surface area contributed by atoms with Crippen molar-refractivity contribution in [2.75, 3.05) is 0 Å². The first-order valence-electron chi connectivity index (χ1n) is 24.6. The molecule has 5 aliphatic carbocycles. The number of hydrogen-bond donors (Lipinski definition) is 0. The molecule has 0 saturated heterocycles. The Balaban J connectivity index is 0.950. The highest BCUT2D eigenvalue weighted by molar-refractivity contribution is 5.90. The van der Waals surface area contributed by atoms with Crippen molar-refractivity contribution in [1.82, 2.24) is 15.0 Å². The molecule has 9 aromatic carbocycles. The highest BCUT2D eigenvalue weighted by Gasteiger charge is 2.61. The zero-order valence-electron chi connectivity index (χ0n) is 37.9. The molecular formula is C65H49N3. The van der Waals surface area contributed by atoms with Gasteiger partial charge in [0, 0.05) is 22.1 Å². The third-order valence-electron chi connectivity index (χ3n) is 16.3. The van der Waals surface area contributed by atoms with Crippen LogP contribution in [0.4, 0.5) is 0 Å². The predicted molar refractivity (Wildman–Crippen MR) is 279 cm³/mol. The van der Waals surface area contributed by atoms with E-state index >= 15 is 0 Å². The summed E-state index contributed by atoms with van der Waals surface area (Å²) in [5, 5.41) is 2.50. The lowest BCUT2D eigenvalue weighted by atomic mass is 9.43. The van der Waals surface area contributed by atoms with Crippen molar-refractivity contribution >= 4 is 10.8 Å². The summed E-state index contributed by atoms with van der Waals surface area (Å²) >= 11 is 0. The Labute approximate surface area is 398 Å². The van der Waals surface area contributed by atoms with Gasteiger partial charge in [-0.25, -0.2) is 15.0 Å². The molecule has 0 atom stereocenters. The molecule has 68 heavy (non-hydrogen) atoms. The number of hydrogen-bond acceptors (Lipinski definition) is 3. The van der Waals surface area contributed by atoms with Gasteiger partial charge in [0.1, 0.15) is 0 Å². The summed E-state index contributed by atoms with van der Waals surface area (Å²) in [5.41, 5.74) is 18.6. The maximum absolute atomic E-state index is 5.26. The van der Waals surface area contributed by atoms with Gasteiger partial charge in [-0.15, -0.1) is 0 Å². The van der Waals surface area contributed by atoms with Crippen LogP contribution < -0.4 is 0 Å². The van der Waals surface area contributed by atoms with Crippen molar-refractivity contribution in [3.05, 3.63) is 223 Å². The third kappa shape index (κ3) is 6.43. The minimum absolute atomic E-state index is 0.0335. The predicted octanol–water partition coefficient (Wildman–Crippen LogP) is 16.4. The van der Waals surface area contributed by atoms with E-state index < -0.39 is 0 Å². The van der Waals surface area contributed by atoms with E-state index in [9.17, 15) is 0 Å². The van der Waals surface area contributed by atoms with Crippen molar-refractivity contribution in [1.29, 1.82) is 0 Å². The van der Waals surface area contributed by atoms with Gasteiger partial charge in [-0.3, -0.25) is 0 Å². The first-order chi connectivity index (χ1) is 33.6. The Kier molecular flexibility index (Phi) is 9.09. The second kappa shape index (κ2) is 15.7. The van der Waals surface area contributed by atoms with Crippen LogP contribution in [0.3, 0.4) is 0 Å². The fraction of sp³-hybridized carbons (Fsp3) is 0.154. The molecule has 0 radical (unpaired) electrons. The molecule has 4 bridgehead atoms. The molecule has 1 spiro atoms. The van der Waals surface area contributed by atoms with E-state index in [-0.39, 0.29) is 5.41 Å². The van der Waals surface area contributed by atoms with Gasteiger partial charge < -0.3 is 0 Å². The van der Waals surface area contributed by atoms with Gasteiger partial charge in [-0.05, 0) is 170 Å². The van der Waals surface area contributed by atoms with E-state index in [1.165, 1.54) is 87.4 Å². The zero-order chi connectivity index (χ0) is 44.8. The van der Waals surface area contributed by atoms with E-state index in [2.05, 4.69) is 176 Å². The lowest BCUT2D eigenvalue weighted by molar-refractivity contribution is -0.0399. The molecule has 10 aromatic rings. The van der Waals surface area contributed by atoms with E-state index in [0.29, 0.717) is 29.3 Å². The Bertz CT molecular complexity index is 3470. The standard InChI is InChI=1S/C65H49N3/c1-4-12-43(13-5-1)51-27-29-60-59(39-51)58-28-26-52(40-61(58)65(60)56-31-41-30-42(33-56)34-57(65)32-41)54-36-53(46-22-20-45(21-23-46)50-25-24-44-14-10-11-19-49(44)35-50)37-55(38-54)64-67-62(47-15-6-2-7-16-47)66-63(68-64)48-17-8-3-9-18-48/h1-29,35-42,56-57H,30-34H2. The molecule has 0 amide bonds. The van der Waals surface area contributed by atoms with Crippen molar-refractivity contribution in [3.63, 3.8) is 0 Å². The van der Waals surface area contributed by atoms with Crippen LogP contribution in [0, 0.1) is 23.7 Å². The summed E-state index contributed by atoms with van der Waals surface area (Å²) in [4.78, 5) is 15.6. The Hall–Kier alpha value is -7.75. The average molecular weight is 872 g/mol. The fourth-order valence-corrected chi connectivity index (χ4v) is 13.4. The molecule has 3 nitrogen and oxygen atoms in total. The molecule has 0 N–H and O–H groups in total. The normalized spacial score (nSPS) is 20.7. The topological polar surface area (TPSA) is 38.7 Å². The lowest BCUT2D eigenvalue weighted by Crippen LogP contribution is -2.55. The number of nitrogens with zero attached hydrogens (tertiary/aromatic N) is 3. The van der Waals surface area contributed by atoms with Gasteiger partial charge in [-0.1, -0.05) is 176 Å². The van der Waals surface area contributed by atoms with Crippen LogP contribution in [0.5, 0.6) is 0 Å². The molecule has 1 heterocycles. The molecule has 4 fully saturated rings. The van der Waals surface area contributed by atoms with E-state index in [1.807, 2.05) is 36.4 Å². The molecule has 4 saturated carbocycles. The summed E-state index contributed by atoms with van der Waals surface area (Å²) in [7, 11) is 0. The van der Waals surface area contributed by atoms with Gasteiger partial charge in [0.15, 0.2) is 17.5 Å². The Morgan fingerprint density at radius 1 is 0.279 bits per heavy atom. The van der Waals surface area contributed by atoms with E-state index in [0.717, 1.165) is 39.7 Å². The van der Waals surface area contributed by atoms with Crippen LogP contribution in [-0.2, 0) is 5.41 Å².